The van der Waals surface area contributed by atoms with Gasteiger partial charge in [0.05, 0.1) is 13.2 Å². The quantitative estimate of drug-likeness (QED) is 0.651. The van der Waals surface area contributed by atoms with E-state index >= 15 is 0 Å². The van der Waals surface area contributed by atoms with Gasteiger partial charge in [-0.1, -0.05) is 24.3 Å². The lowest BCUT2D eigenvalue weighted by Crippen LogP contribution is -2.31. The third-order valence-electron chi connectivity index (χ3n) is 4.70. The van der Waals surface area contributed by atoms with E-state index in [2.05, 4.69) is 5.32 Å². The van der Waals surface area contributed by atoms with Crippen LogP contribution in [0.5, 0.6) is 5.75 Å². The van der Waals surface area contributed by atoms with Gasteiger partial charge in [-0.3, -0.25) is 4.79 Å². The molecule has 1 unspecified atom stereocenters. The van der Waals surface area contributed by atoms with Gasteiger partial charge in [0.25, 0.3) is 5.91 Å². The maximum absolute atomic E-state index is 12.4. The number of aryl methyl sites for hydroxylation is 2. The summed E-state index contributed by atoms with van der Waals surface area (Å²) in [7, 11) is 1.57. The van der Waals surface area contributed by atoms with E-state index in [1.54, 1.807) is 32.2 Å². The maximum Gasteiger partial charge on any atom is 0.375 e. The van der Waals surface area contributed by atoms with Crippen molar-refractivity contribution in [2.45, 2.75) is 26.8 Å². The molecular weight excluding hydrogens is 358 g/mol. The largest absolute Gasteiger partial charge is 0.497 e. The van der Waals surface area contributed by atoms with Gasteiger partial charge in [-0.25, -0.2) is 4.79 Å². The monoisotopic (exact) mass is 381 g/mol. The number of rotatable bonds is 6. The molecule has 2 aromatic carbocycles. The Morgan fingerprint density at radius 2 is 1.89 bits per heavy atom. The van der Waals surface area contributed by atoms with Crippen molar-refractivity contribution in [3.8, 4) is 5.75 Å². The van der Waals surface area contributed by atoms with Gasteiger partial charge in [-0.15, -0.1) is 0 Å². The van der Waals surface area contributed by atoms with Gasteiger partial charge in [0, 0.05) is 10.9 Å². The number of methoxy groups -OCH3 is 1. The molecule has 0 saturated heterocycles. The molecule has 0 aliphatic carbocycles. The Morgan fingerprint density at radius 1 is 1.14 bits per heavy atom. The Hall–Kier alpha value is -3.28. The summed E-state index contributed by atoms with van der Waals surface area (Å²) >= 11 is 0. The molecule has 0 aliphatic heterocycles. The fourth-order valence-electron chi connectivity index (χ4n) is 3.15. The van der Waals surface area contributed by atoms with E-state index in [0.29, 0.717) is 16.9 Å². The molecule has 3 rings (SSSR count). The molecule has 1 heterocycles. The second-order valence-corrected chi connectivity index (χ2v) is 6.64. The van der Waals surface area contributed by atoms with Crippen LogP contribution in [0.15, 0.2) is 46.9 Å². The summed E-state index contributed by atoms with van der Waals surface area (Å²) in [6.07, 6.45) is 0. The number of benzene rings is 2. The zero-order chi connectivity index (χ0) is 20.3. The number of esters is 1. The predicted octanol–water partition coefficient (Wildman–Crippen LogP) is 4.09. The minimum absolute atomic E-state index is 0.0861. The molecule has 6 nitrogen and oxygen atoms in total. The summed E-state index contributed by atoms with van der Waals surface area (Å²) in [5, 5.41) is 3.60. The Bertz CT molecular complexity index is 1020. The van der Waals surface area contributed by atoms with Crippen molar-refractivity contribution in [3.05, 3.63) is 64.9 Å². The molecule has 0 bridgehead atoms. The van der Waals surface area contributed by atoms with E-state index in [4.69, 9.17) is 13.9 Å². The molecule has 0 fully saturated rings. The number of ether oxygens (including phenoxy) is 2. The number of carbonyl (C=O) groups is 2. The zero-order valence-corrected chi connectivity index (χ0v) is 16.4. The van der Waals surface area contributed by atoms with Crippen molar-refractivity contribution in [3.63, 3.8) is 0 Å². The molecule has 146 valence electrons. The van der Waals surface area contributed by atoms with Crippen molar-refractivity contribution in [2.24, 2.45) is 0 Å². The van der Waals surface area contributed by atoms with Crippen LogP contribution in [-0.4, -0.2) is 25.6 Å². The van der Waals surface area contributed by atoms with Crippen LogP contribution in [0.3, 0.4) is 0 Å². The SMILES string of the molecule is COc1ccc2oc(C(=O)OCC(=O)NC(C)c3ccccc3C)c(C)c2c1. The predicted molar refractivity (Wildman–Crippen MR) is 106 cm³/mol. The molecule has 0 spiro atoms. The fraction of sp³-hybridized carbons (Fsp3) is 0.273. The number of amides is 1. The van der Waals surface area contributed by atoms with Crippen LogP contribution in [0, 0.1) is 13.8 Å². The molecule has 1 amide bonds. The summed E-state index contributed by atoms with van der Waals surface area (Å²) in [5.41, 5.74) is 3.31. The van der Waals surface area contributed by atoms with Crippen molar-refractivity contribution >= 4 is 22.8 Å². The highest BCUT2D eigenvalue weighted by Crippen LogP contribution is 2.29. The van der Waals surface area contributed by atoms with Crippen molar-refractivity contribution < 1.29 is 23.5 Å². The van der Waals surface area contributed by atoms with Crippen LogP contribution >= 0.6 is 0 Å². The van der Waals surface area contributed by atoms with Gasteiger partial charge in [0.15, 0.2) is 6.61 Å². The highest BCUT2D eigenvalue weighted by atomic mass is 16.5. The molecule has 6 heteroatoms. The molecule has 1 N–H and O–H groups in total. The van der Waals surface area contributed by atoms with Gasteiger partial charge < -0.3 is 19.2 Å². The number of fused-ring (bicyclic) bond motifs is 1. The highest BCUT2D eigenvalue weighted by molar-refractivity contribution is 5.97. The Balaban J connectivity index is 1.64. The number of hydrogen-bond donors (Lipinski definition) is 1. The molecule has 0 aliphatic rings. The lowest BCUT2D eigenvalue weighted by atomic mass is 10.0. The van der Waals surface area contributed by atoms with Gasteiger partial charge in [0.2, 0.25) is 5.76 Å². The van der Waals surface area contributed by atoms with Crippen LogP contribution in [0.2, 0.25) is 0 Å². The van der Waals surface area contributed by atoms with Crippen molar-refractivity contribution in [2.75, 3.05) is 13.7 Å². The van der Waals surface area contributed by atoms with Gasteiger partial charge in [0.1, 0.15) is 11.3 Å². The average Bonchev–Trinajstić information content (AvgIpc) is 3.02. The molecule has 0 saturated carbocycles. The first-order chi connectivity index (χ1) is 13.4. The van der Waals surface area contributed by atoms with E-state index in [0.717, 1.165) is 16.5 Å². The molecular formula is C22H23NO5. The fourth-order valence-corrected chi connectivity index (χ4v) is 3.15. The van der Waals surface area contributed by atoms with E-state index in [-0.39, 0.29) is 24.3 Å². The maximum atomic E-state index is 12.4. The van der Waals surface area contributed by atoms with Crippen LogP contribution < -0.4 is 10.1 Å². The Labute approximate surface area is 163 Å². The second kappa shape index (κ2) is 8.17. The summed E-state index contributed by atoms with van der Waals surface area (Å²) in [4.78, 5) is 24.6. The smallest absolute Gasteiger partial charge is 0.375 e. The molecule has 1 aromatic heterocycles. The molecule has 3 aromatic rings. The van der Waals surface area contributed by atoms with E-state index < -0.39 is 5.97 Å². The molecule has 0 radical (unpaired) electrons. The normalized spacial score (nSPS) is 11.9. The number of carbonyl (C=O) groups excluding carboxylic acids is 2. The summed E-state index contributed by atoms with van der Waals surface area (Å²) < 4.78 is 15.9. The van der Waals surface area contributed by atoms with Crippen molar-refractivity contribution in [1.82, 2.24) is 5.32 Å². The first-order valence-electron chi connectivity index (χ1n) is 9.00. The number of nitrogens with one attached hydrogen (secondary N) is 1. The minimum atomic E-state index is -0.675. The van der Waals surface area contributed by atoms with E-state index in [1.807, 2.05) is 38.1 Å². The minimum Gasteiger partial charge on any atom is -0.497 e. The van der Waals surface area contributed by atoms with Crippen molar-refractivity contribution in [1.29, 1.82) is 0 Å². The molecule has 1 atom stereocenters. The Morgan fingerprint density at radius 3 is 2.61 bits per heavy atom. The lowest BCUT2D eigenvalue weighted by Gasteiger charge is -2.16. The van der Waals surface area contributed by atoms with Gasteiger partial charge >= 0.3 is 5.97 Å². The standard InChI is InChI=1S/C22H23NO5/c1-13-7-5-6-8-17(13)15(3)23-20(24)12-27-22(25)21-14(2)18-11-16(26-4)9-10-19(18)28-21/h5-11,15H,12H2,1-4H3,(H,23,24). The van der Waals surface area contributed by atoms with Gasteiger partial charge in [-0.05, 0) is 50.1 Å². The third-order valence-corrected chi connectivity index (χ3v) is 4.70. The van der Waals surface area contributed by atoms with Crippen LogP contribution in [0.4, 0.5) is 0 Å². The average molecular weight is 381 g/mol. The highest BCUT2D eigenvalue weighted by Gasteiger charge is 2.21. The first-order valence-corrected chi connectivity index (χ1v) is 9.00. The first kappa shape index (κ1) is 19.5. The topological polar surface area (TPSA) is 77.8 Å². The van der Waals surface area contributed by atoms with Gasteiger partial charge in [-0.2, -0.15) is 0 Å². The zero-order valence-electron chi connectivity index (χ0n) is 16.4. The van der Waals surface area contributed by atoms with Crippen LogP contribution in [-0.2, 0) is 9.53 Å². The summed E-state index contributed by atoms with van der Waals surface area (Å²) in [5.74, 6) is -0.296. The lowest BCUT2D eigenvalue weighted by molar-refractivity contribution is -0.124. The van der Waals surface area contributed by atoms with E-state index in [9.17, 15) is 9.59 Å². The summed E-state index contributed by atoms with van der Waals surface area (Å²) in [6.45, 7) is 5.26. The number of hydrogen-bond acceptors (Lipinski definition) is 5. The molecule has 28 heavy (non-hydrogen) atoms. The van der Waals surface area contributed by atoms with Crippen LogP contribution in [0.1, 0.15) is 40.2 Å². The van der Waals surface area contributed by atoms with E-state index in [1.165, 1.54) is 0 Å². The second-order valence-electron chi connectivity index (χ2n) is 6.64. The van der Waals surface area contributed by atoms with Crippen LogP contribution in [0.25, 0.3) is 11.0 Å². The Kier molecular flexibility index (Phi) is 5.68. The summed E-state index contributed by atoms with van der Waals surface area (Å²) in [6, 6.07) is 12.9. The third kappa shape index (κ3) is 4.01. The number of furan rings is 1.